The second-order valence-electron chi connectivity index (χ2n) is 6.49. The van der Waals surface area contributed by atoms with E-state index in [1.165, 1.54) is 0 Å². The lowest BCUT2D eigenvalue weighted by Gasteiger charge is -2.29. The van der Waals surface area contributed by atoms with Crippen LogP contribution < -0.4 is 0 Å². The molecule has 0 saturated carbocycles. The van der Waals surface area contributed by atoms with E-state index >= 15 is 0 Å². The first-order valence-corrected chi connectivity index (χ1v) is 7.88. The van der Waals surface area contributed by atoms with Crippen LogP contribution in [0.4, 0.5) is 4.79 Å². The third-order valence-corrected chi connectivity index (χ3v) is 4.37. The minimum absolute atomic E-state index is 0.215. The quantitative estimate of drug-likeness (QED) is 0.767. The van der Waals surface area contributed by atoms with Crippen LogP contribution in [0.1, 0.15) is 27.7 Å². The SMILES string of the molecule is CC(C)C1CN(CCN2CCOCC2)C(=O)N1C(C)C. The van der Waals surface area contributed by atoms with Gasteiger partial charge in [0, 0.05) is 38.8 Å². The van der Waals surface area contributed by atoms with Gasteiger partial charge in [0.25, 0.3) is 0 Å². The highest BCUT2D eigenvalue weighted by atomic mass is 16.5. The molecule has 116 valence electrons. The molecule has 2 fully saturated rings. The molecular weight excluding hydrogens is 254 g/mol. The molecule has 0 bridgehead atoms. The normalized spacial score (nSPS) is 25.3. The zero-order chi connectivity index (χ0) is 14.7. The van der Waals surface area contributed by atoms with Crippen LogP contribution in [0.3, 0.4) is 0 Å². The minimum Gasteiger partial charge on any atom is -0.379 e. The number of hydrogen-bond donors (Lipinski definition) is 0. The van der Waals surface area contributed by atoms with Gasteiger partial charge in [0.2, 0.25) is 0 Å². The van der Waals surface area contributed by atoms with Gasteiger partial charge in [-0.15, -0.1) is 0 Å². The number of amides is 2. The predicted octanol–water partition coefficient (Wildman–Crippen LogP) is 1.49. The summed E-state index contributed by atoms with van der Waals surface area (Å²) >= 11 is 0. The van der Waals surface area contributed by atoms with Crippen molar-refractivity contribution in [3.63, 3.8) is 0 Å². The monoisotopic (exact) mass is 283 g/mol. The Balaban J connectivity index is 1.90. The van der Waals surface area contributed by atoms with Gasteiger partial charge in [0.05, 0.1) is 19.3 Å². The van der Waals surface area contributed by atoms with Gasteiger partial charge >= 0.3 is 6.03 Å². The number of carbonyl (C=O) groups is 1. The molecule has 0 aromatic heterocycles. The van der Waals surface area contributed by atoms with Crippen LogP contribution in [0.2, 0.25) is 0 Å². The Morgan fingerprint density at radius 3 is 2.30 bits per heavy atom. The zero-order valence-corrected chi connectivity index (χ0v) is 13.3. The summed E-state index contributed by atoms with van der Waals surface area (Å²) in [6, 6.07) is 0.849. The molecule has 2 aliphatic rings. The standard InChI is InChI=1S/C15H29N3O2/c1-12(2)14-11-17(15(19)18(14)13(3)4)6-5-16-7-9-20-10-8-16/h12-14H,5-11H2,1-4H3. The van der Waals surface area contributed by atoms with Crippen LogP contribution in [0.25, 0.3) is 0 Å². The highest BCUT2D eigenvalue weighted by Gasteiger charge is 2.39. The fourth-order valence-corrected chi connectivity index (χ4v) is 3.11. The summed E-state index contributed by atoms with van der Waals surface area (Å²) in [5.41, 5.74) is 0. The van der Waals surface area contributed by atoms with Crippen LogP contribution in [0, 0.1) is 5.92 Å². The van der Waals surface area contributed by atoms with Crippen molar-refractivity contribution >= 4 is 6.03 Å². The number of morpholine rings is 1. The van der Waals surface area contributed by atoms with Crippen LogP contribution in [-0.4, -0.2) is 78.8 Å². The van der Waals surface area contributed by atoms with Crippen molar-refractivity contribution in [2.24, 2.45) is 5.92 Å². The Hall–Kier alpha value is -0.810. The minimum atomic E-state index is 0.215. The van der Waals surface area contributed by atoms with Crippen molar-refractivity contribution in [2.45, 2.75) is 39.8 Å². The average molecular weight is 283 g/mol. The van der Waals surface area contributed by atoms with E-state index in [2.05, 4.69) is 37.5 Å². The number of nitrogens with zero attached hydrogens (tertiary/aromatic N) is 3. The zero-order valence-electron chi connectivity index (χ0n) is 13.3. The molecular formula is C15H29N3O2. The summed E-state index contributed by atoms with van der Waals surface area (Å²) in [6.07, 6.45) is 0. The number of carbonyl (C=O) groups excluding carboxylic acids is 1. The topological polar surface area (TPSA) is 36.0 Å². The summed E-state index contributed by atoms with van der Waals surface area (Å²) < 4.78 is 5.36. The van der Waals surface area contributed by atoms with E-state index in [4.69, 9.17) is 4.74 Å². The van der Waals surface area contributed by atoms with E-state index in [1.54, 1.807) is 0 Å². The Bertz CT molecular complexity index is 327. The van der Waals surface area contributed by atoms with E-state index in [0.717, 1.165) is 45.9 Å². The highest BCUT2D eigenvalue weighted by molar-refractivity contribution is 5.77. The summed E-state index contributed by atoms with van der Waals surface area (Å²) in [7, 11) is 0. The summed E-state index contributed by atoms with van der Waals surface area (Å²) in [4.78, 5) is 19.0. The Labute approximate surface area is 122 Å². The molecule has 5 heteroatoms. The highest BCUT2D eigenvalue weighted by Crippen LogP contribution is 2.24. The molecule has 20 heavy (non-hydrogen) atoms. The van der Waals surface area contributed by atoms with Crippen molar-refractivity contribution in [1.82, 2.24) is 14.7 Å². The largest absolute Gasteiger partial charge is 0.379 e. The second-order valence-corrected chi connectivity index (χ2v) is 6.49. The van der Waals surface area contributed by atoms with Crippen LogP contribution >= 0.6 is 0 Å². The molecule has 0 aromatic rings. The maximum absolute atomic E-state index is 12.5. The van der Waals surface area contributed by atoms with E-state index in [0.29, 0.717) is 12.0 Å². The van der Waals surface area contributed by atoms with Gasteiger partial charge in [-0.1, -0.05) is 13.8 Å². The first kappa shape index (κ1) is 15.6. The molecule has 2 rings (SSSR count). The number of hydrogen-bond acceptors (Lipinski definition) is 3. The molecule has 1 unspecified atom stereocenters. The summed E-state index contributed by atoms with van der Waals surface area (Å²) in [5, 5.41) is 0. The van der Waals surface area contributed by atoms with Gasteiger partial charge in [0.1, 0.15) is 0 Å². The van der Waals surface area contributed by atoms with Crippen LogP contribution in [0.5, 0.6) is 0 Å². The maximum Gasteiger partial charge on any atom is 0.320 e. The molecule has 0 spiro atoms. The smallest absolute Gasteiger partial charge is 0.320 e. The van der Waals surface area contributed by atoms with Gasteiger partial charge in [-0.3, -0.25) is 4.90 Å². The third kappa shape index (κ3) is 3.44. The van der Waals surface area contributed by atoms with Gasteiger partial charge in [-0.05, 0) is 19.8 Å². The Kier molecular flexibility index (Phi) is 5.27. The van der Waals surface area contributed by atoms with Crippen LogP contribution in [-0.2, 0) is 4.74 Å². The molecule has 2 aliphatic heterocycles. The van der Waals surface area contributed by atoms with Gasteiger partial charge in [0.15, 0.2) is 0 Å². The van der Waals surface area contributed by atoms with E-state index < -0.39 is 0 Å². The molecule has 2 heterocycles. The van der Waals surface area contributed by atoms with Crippen LogP contribution in [0.15, 0.2) is 0 Å². The lowest BCUT2D eigenvalue weighted by atomic mass is 10.0. The molecule has 1 atom stereocenters. The molecule has 0 N–H and O–H groups in total. The lowest BCUT2D eigenvalue weighted by molar-refractivity contribution is 0.0354. The molecule has 2 saturated heterocycles. The Morgan fingerprint density at radius 1 is 1.15 bits per heavy atom. The molecule has 2 amide bonds. The van der Waals surface area contributed by atoms with Crippen molar-refractivity contribution in [3.05, 3.63) is 0 Å². The second kappa shape index (κ2) is 6.76. The maximum atomic E-state index is 12.5. The van der Waals surface area contributed by atoms with E-state index in [-0.39, 0.29) is 12.1 Å². The third-order valence-electron chi connectivity index (χ3n) is 4.37. The van der Waals surface area contributed by atoms with E-state index in [9.17, 15) is 4.79 Å². The molecule has 0 radical (unpaired) electrons. The number of urea groups is 1. The average Bonchev–Trinajstić information content (AvgIpc) is 2.75. The lowest BCUT2D eigenvalue weighted by Crippen LogP contribution is -2.44. The fourth-order valence-electron chi connectivity index (χ4n) is 3.11. The van der Waals surface area contributed by atoms with E-state index in [1.807, 2.05) is 4.90 Å². The number of rotatable bonds is 5. The summed E-state index contributed by atoms with van der Waals surface area (Å²) in [6.45, 7) is 14.9. The van der Waals surface area contributed by atoms with Gasteiger partial charge < -0.3 is 14.5 Å². The first-order chi connectivity index (χ1) is 9.50. The Morgan fingerprint density at radius 2 is 1.80 bits per heavy atom. The predicted molar refractivity (Wildman–Crippen MR) is 79.8 cm³/mol. The number of ether oxygens (including phenoxy) is 1. The van der Waals surface area contributed by atoms with Crippen molar-refractivity contribution in [2.75, 3.05) is 45.9 Å². The van der Waals surface area contributed by atoms with Gasteiger partial charge in [-0.2, -0.15) is 0 Å². The summed E-state index contributed by atoms with van der Waals surface area (Å²) in [5.74, 6) is 0.509. The van der Waals surface area contributed by atoms with Crippen molar-refractivity contribution < 1.29 is 9.53 Å². The van der Waals surface area contributed by atoms with Crippen molar-refractivity contribution in [1.29, 1.82) is 0 Å². The molecule has 0 aromatic carbocycles. The first-order valence-electron chi connectivity index (χ1n) is 7.88. The fraction of sp³-hybridized carbons (Fsp3) is 0.933. The molecule has 5 nitrogen and oxygen atoms in total. The molecule has 0 aliphatic carbocycles. The van der Waals surface area contributed by atoms with Crippen molar-refractivity contribution in [3.8, 4) is 0 Å². The van der Waals surface area contributed by atoms with Gasteiger partial charge in [-0.25, -0.2) is 4.79 Å².